The number of nitrogens with zero attached hydrogens (tertiary/aromatic N) is 4. The maximum atomic E-state index is 10.7. The summed E-state index contributed by atoms with van der Waals surface area (Å²) in [4.78, 5) is 16.5. The van der Waals surface area contributed by atoms with Crippen LogP contribution in [-0.4, -0.2) is 173 Å². The molecule has 0 aliphatic carbocycles. The zero-order chi connectivity index (χ0) is 72.9. The Bertz CT molecular complexity index is 3770. The molecule has 0 saturated carbocycles. The lowest BCUT2D eigenvalue weighted by molar-refractivity contribution is -0.687. The summed E-state index contributed by atoms with van der Waals surface area (Å²) in [7, 11) is -23.9. The summed E-state index contributed by atoms with van der Waals surface area (Å²) in [5.74, 6) is 4.69. The fraction of sp³-hybridized carbons (Fsp3) is 0.357. The van der Waals surface area contributed by atoms with Crippen LogP contribution in [0.5, 0.6) is 23.0 Å². The third-order valence-corrected chi connectivity index (χ3v) is 13.9. The molecule has 9 rings (SSSR count). The standard InChI is InChI=1S/C28H24N6.C24H32O8.4CHF3O3S/c1-3-7-21(8-4-1)17-33-15-13-23-25(19-33)31-27(29-23)11-12-28-30-24-14-16-34(20-26(24)32-28)18-22-9-5-2-6-10-22;1-2-6-22-21(5-1)29-17-13-25-9-10-27-15-19-31-23-7-3-4-8-24(23)32-20-16-28-12-11-26-14-18-30-22;4*2-1(3,4)8(5,6)7/h1-10,13-16,19-20H,11-12,17-18H2;1-8H,9-20H2;4*(H,5,6,7). The lowest BCUT2D eigenvalue weighted by atomic mass is 10.2. The first-order chi connectivity index (χ1) is 45.7. The number of ether oxygens (including phenoxy) is 8. The largest absolute Gasteiger partial charge is 0.741 e. The SMILES string of the molecule is O=S(=O)(O)C(F)(F)F.O=S(=O)(O)C(F)(F)F.O=S(=O)([O-])C(F)(F)F.O=S(=O)([O-])C(F)(F)F.c1ccc(C[n+]2ccc3nc(CCc4nc5cc[n+](Cc6ccccc6)cc5[nH]4)[nH]c3c2)cc1.c1ccc2c(c1)OCCOCCOCCOc1ccccc1OCCOCCOCCO2. The maximum absolute atomic E-state index is 10.7. The van der Waals surface area contributed by atoms with E-state index in [1.165, 1.54) is 11.1 Å². The summed E-state index contributed by atoms with van der Waals surface area (Å²) in [5.41, 5.74) is -15.7. The van der Waals surface area contributed by atoms with Gasteiger partial charge in [-0.2, -0.15) is 78.7 Å². The van der Waals surface area contributed by atoms with Gasteiger partial charge in [-0.3, -0.25) is 9.11 Å². The summed E-state index contributed by atoms with van der Waals surface area (Å²) in [5, 5.41) is 0. The van der Waals surface area contributed by atoms with E-state index in [9.17, 15) is 52.7 Å². The number of rotatable bonds is 7. The Labute approximate surface area is 551 Å². The molecule has 26 nitrogen and oxygen atoms in total. The number of hydrogen-bond acceptors (Lipinski definition) is 20. The van der Waals surface area contributed by atoms with Crippen LogP contribution < -0.4 is 28.1 Å². The van der Waals surface area contributed by atoms with Gasteiger partial charge in [0.2, 0.25) is 0 Å². The van der Waals surface area contributed by atoms with Gasteiger partial charge in [-0.1, -0.05) is 84.9 Å². The van der Waals surface area contributed by atoms with Crippen molar-refractivity contribution in [2.24, 2.45) is 0 Å². The second-order valence-electron chi connectivity index (χ2n) is 19.0. The Morgan fingerprint density at radius 2 is 0.622 bits per heavy atom. The second kappa shape index (κ2) is 38.4. The third-order valence-electron chi connectivity index (χ3n) is 11.6. The van der Waals surface area contributed by atoms with Gasteiger partial charge < -0.3 is 57.0 Å². The smallest absolute Gasteiger partial charge is 0.522 e. The average molecular weight is 1490 g/mol. The number of aromatic nitrogens is 6. The van der Waals surface area contributed by atoms with Crippen molar-refractivity contribution in [3.63, 3.8) is 0 Å². The number of alkyl halides is 12. The first kappa shape index (κ1) is 82.4. The predicted molar refractivity (Wildman–Crippen MR) is 316 cm³/mol. The molecule has 42 heteroatoms. The summed E-state index contributed by atoms with van der Waals surface area (Å²) >= 11 is 0. The van der Waals surface area contributed by atoms with Gasteiger partial charge in [-0.25, -0.2) is 26.8 Å². The van der Waals surface area contributed by atoms with Gasteiger partial charge in [0.15, 0.2) is 81.1 Å². The van der Waals surface area contributed by atoms with Crippen molar-refractivity contribution in [2.45, 2.75) is 48.0 Å². The molecule has 0 saturated heterocycles. The predicted octanol–water partition coefficient (Wildman–Crippen LogP) is 7.77. The first-order valence-electron chi connectivity index (χ1n) is 27.7. The van der Waals surface area contributed by atoms with Gasteiger partial charge in [0.05, 0.1) is 52.9 Å². The van der Waals surface area contributed by atoms with Crippen LogP contribution in [0.25, 0.3) is 22.1 Å². The van der Waals surface area contributed by atoms with Crippen LogP contribution in [0.2, 0.25) is 0 Å². The van der Waals surface area contributed by atoms with Crippen LogP contribution in [-0.2, 0) is 85.4 Å². The molecule has 0 unspecified atom stereocenters. The van der Waals surface area contributed by atoms with Gasteiger partial charge in [0.25, 0.3) is 0 Å². The van der Waals surface area contributed by atoms with Crippen LogP contribution in [0.4, 0.5) is 52.7 Å². The Kier molecular flexibility index (Phi) is 32.2. The number of para-hydroxylation sites is 4. The number of halogens is 12. The molecule has 0 atom stereocenters. The number of fused-ring (bicyclic) bond motifs is 4. The van der Waals surface area contributed by atoms with E-state index in [0.717, 1.165) is 59.6 Å². The summed E-state index contributed by atoms with van der Waals surface area (Å²) in [6.45, 7) is 7.16. The molecule has 4 N–H and O–H groups in total. The normalized spacial score (nSPS) is 14.5. The Morgan fingerprint density at radius 1 is 0.388 bits per heavy atom. The third kappa shape index (κ3) is 30.8. The Morgan fingerprint density at radius 3 is 0.857 bits per heavy atom. The monoisotopic (exact) mass is 1490 g/mol. The number of aromatic amines is 2. The minimum absolute atomic E-state index is 0.425. The van der Waals surface area contributed by atoms with Gasteiger partial charge in [-0.15, -0.1) is 0 Å². The van der Waals surface area contributed by atoms with Crippen molar-refractivity contribution < 1.29 is 152 Å². The zero-order valence-electron chi connectivity index (χ0n) is 50.4. The number of pyridine rings is 2. The molecular formula is C56H60F12N6O20S4. The molecule has 1 aliphatic heterocycles. The van der Waals surface area contributed by atoms with E-state index in [1.807, 2.05) is 60.7 Å². The molecule has 0 bridgehead atoms. The van der Waals surface area contributed by atoms with E-state index in [0.29, 0.717) is 102 Å². The second-order valence-corrected chi connectivity index (χ2v) is 24.6. The highest BCUT2D eigenvalue weighted by atomic mass is 32.2. The molecule has 542 valence electrons. The first-order valence-corrected chi connectivity index (χ1v) is 33.4. The van der Waals surface area contributed by atoms with E-state index in [-0.39, 0.29) is 0 Å². The zero-order valence-corrected chi connectivity index (χ0v) is 53.6. The van der Waals surface area contributed by atoms with Crippen molar-refractivity contribution in [1.82, 2.24) is 19.9 Å². The number of H-pyrrole nitrogens is 2. The molecule has 4 aromatic heterocycles. The van der Waals surface area contributed by atoms with E-state index >= 15 is 0 Å². The molecule has 0 radical (unpaired) electrons. The van der Waals surface area contributed by atoms with Crippen molar-refractivity contribution in [1.29, 1.82) is 0 Å². The molecule has 1 aliphatic rings. The van der Waals surface area contributed by atoms with Crippen LogP contribution in [0.3, 0.4) is 0 Å². The van der Waals surface area contributed by atoms with E-state index in [1.54, 1.807) is 0 Å². The van der Waals surface area contributed by atoms with E-state index < -0.39 is 62.5 Å². The summed E-state index contributed by atoms with van der Waals surface area (Å²) in [6, 6.07) is 40.2. The molecule has 4 aromatic carbocycles. The van der Waals surface area contributed by atoms with Crippen LogP contribution >= 0.6 is 0 Å². The number of benzene rings is 4. The van der Waals surface area contributed by atoms with Crippen molar-refractivity contribution >= 4 is 62.5 Å². The van der Waals surface area contributed by atoms with Crippen molar-refractivity contribution in [2.75, 3.05) is 79.3 Å². The number of nitrogens with one attached hydrogen (secondary N) is 2. The quantitative estimate of drug-likeness (QED) is 0.0512. The highest BCUT2D eigenvalue weighted by Crippen LogP contribution is 2.28. The number of hydrogen-bond donors (Lipinski definition) is 4. The molecule has 98 heavy (non-hydrogen) atoms. The molecule has 0 amide bonds. The Hall–Kier alpha value is -8.04. The molecular weight excluding hydrogens is 1430 g/mol. The summed E-state index contributed by atoms with van der Waals surface area (Å²) in [6.07, 6.45) is 10.0. The topological polar surface area (TPSA) is 362 Å². The lowest BCUT2D eigenvalue weighted by Crippen LogP contribution is -2.33. The minimum atomic E-state index is -6.09. The van der Waals surface area contributed by atoms with Crippen LogP contribution in [0.15, 0.2) is 146 Å². The van der Waals surface area contributed by atoms with Crippen LogP contribution in [0.1, 0.15) is 22.8 Å². The fourth-order valence-electron chi connectivity index (χ4n) is 7.23. The van der Waals surface area contributed by atoms with Gasteiger partial charge in [-0.05, 0) is 24.3 Å². The fourth-order valence-corrected chi connectivity index (χ4v) is 7.23. The number of imidazole rings is 2. The maximum Gasteiger partial charge on any atom is 0.522 e. The highest BCUT2D eigenvalue weighted by molar-refractivity contribution is 7.87. The van der Waals surface area contributed by atoms with Gasteiger partial charge >= 0.3 is 42.3 Å². The molecule has 0 spiro atoms. The highest BCUT2D eigenvalue weighted by Gasteiger charge is 2.45. The molecule has 5 heterocycles. The van der Waals surface area contributed by atoms with Crippen molar-refractivity contribution in [3.05, 3.63) is 169 Å². The van der Waals surface area contributed by atoms with E-state index in [2.05, 4.69) is 105 Å². The molecule has 8 aromatic rings. The summed E-state index contributed by atoms with van der Waals surface area (Å²) < 4.78 is 283. The molecule has 0 fully saturated rings. The number of aryl methyl sites for hydroxylation is 2. The van der Waals surface area contributed by atoms with Crippen LogP contribution in [0, 0.1) is 0 Å². The minimum Gasteiger partial charge on any atom is -0.741 e. The van der Waals surface area contributed by atoms with Gasteiger partial charge in [0.1, 0.15) is 60.1 Å². The van der Waals surface area contributed by atoms with Crippen molar-refractivity contribution in [3.8, 4) is 23.0 Å². The van der Waals surface area contributed by atoms with Gasteiger partial charge in [0, 0.05) is 36.1 Å². The van der Waals surface area contributed by atoms with E-state index in [4.69, 9.17) is 99.7 Å². The average Bonchev–Trinajstić information content (AvgIpc) is 1.67. The Balaban J connectivity index is 0.000000290. The lowest BCUT2D eigenvalue weighted by Gasteiger charge is -2.14.